The van der Waals surface area contributed by atoms with Crippen LogP contribution in [-0.4, -0.2) is 25.2 Å². The van der Waals surface area contributed by atoms with Crippen molar-refractivity contribution >= 4 is 21.5 Å². The number of hydrogen-bond donors (Lipinski definition) is 2. The van der Waals surface area contributed by atoms with Crippen molar-refractivity contribution in [2.75, 3.05) is 16.6 Å². The molecule has 0 radical (unpaired) electrons. The van der Waals surface area contributed by atoms with Gasteiger partial charge in [0.25, 0.3) is 10.0 Å². The Morgan fingerprint density at radius 1 is 1.37 bits per heavy atom. The highest BCUT2D eigenvalue weighted by Gasteiger charge is 2.27. The number of para-hydroxylation sites is 1. The van der Waals surface area contributed by atoms with Crippen LogP contribution in [0.3, 0.4) is 0 Å². The second-order valence-electron chi connectivity index (χ2n) is 4.10. The molecule has 0 atom stereocenters. The molecule has 6 nitrogen and oxygen atoms in total. The Hall–Kier alpha value is -2.02. The van der Waals surface area contributed by atoms with Crippen molar-refractivity contribution in [3.63, 3.8) is 0 Å². The van der Waals surface area contributed by atoms with E-state index in [2.05, 4.69) is 10.2 Å². The largest absolute Gasteiger partial charge is 0.383 e. The summed E-state index contributed by atoms with van der Waals surface area (Å²) in [5, 5.41) is 6.11. The fourth-order valence-corrected chi connectivity index (χ4v) is 3.47. The molecule has 7 heteroatoms. The van der Waals surface area contributed by atoms with Crippen molar-refractivity contribution in [2.24, 2.45) is 0 Å². The maximum atomic E-state index is 12.6. The molecule has 1 aromatic heterocycles. The molecule has 2 aromatic rings. The normalized spacial score (nSPS) is 11.5. The predicted octanol–water partition coefficient (Wildman–Crippen LogP) is 1.52. The van der Waals surface area contributed by atoms with Crippen LogP contribution in [-0.2, 0) is 10.0 Å². The SMILES string of the molecule is CCN(c1ccccc1C)S(=O)(=O)c1cn[nH]c1N. The molecule has 0 aliphatic carbocycles. The first kappa shape index (κ1) is 13.4. The lowest BCUT2D eigenvalue weighted by atomic mass is 10.2. The van der Waals surface area contributed by atoms with Gasteiger partial charge in [-0.3, -0.25) is 9.40 Å². The van der Waals surface area contributed by atoms with Crippen LogP contribution in [0.25, 0.3) is 0 Å². The maximum absolute atomic E-state index is 12.6. The molecule has 0 saturated heterocycles. The zero-order valence-corrected chi connectivity index (χ0v) is 11.6. The van der Waals surface area contributed by atoms with Gasteiger partial charge < -0.3 is 5.73 Å². The molecule has 2 rings (SSSR count). The summed E-state index contributed by atoms with van der Waals surface area (Å²) in [6.07, 6.45) is 1.23. The van der Waals surface area contributed by atoms with Gasteiger partial charge in [0.15, 0.2) is 0 Å². The number of anilines is 2. The minimum Gasteiger partial charge on any atom is -0.383 e. The molecule has 0 saturated carbocycles. The van der Waals surface area contributed by atoms with Crippen LogP contribution in [0.2, 0.25) is 0 Å². The monoisotopic (exact) mass is 280 g/mol. The minimum atomic E-state index is -3.70. The molecule has 1 aromatic carbocycles. The number of rotatable bonds is 4. The highest BCUT2D eigenvalue weighted by molar-refractivity contribution is 7.93. The van der Waals surface area contributed by atoms with Gasteiger partial charge >= 0.3 is 0 Å². The highest BCUT2D eigenvalue weighted by Crippen LogP contribution is 2.27. The minimum absolute atomic E-state index is 0.00222. The molecule has 0 bridgehead atoms. The first-order chi connectivity index (χ1) is 8.98. The zero-order valence-electron chi connectivity index (χ0n) is 10.8. The van der Waals surface area contributed by atoms with Crippen molar-refractivity contribution in [1.29, 1.82) is 0 Å². The van der Waals surface area contributed by atoms with E-state index >= 15 is 0 Å². The van der Waals surface area contributed by atoms with Crippen LogP contribution in [0.4, 0.5) is 11.5 Å². The number of nitrogen functional groups attached to an aromatic ring is 1. The summed E-state index contributed by atoms with van der Waals surface area (Å²) in [5.41, 5.74) is 7.14. The summed E-state index contributed by atoms with van der Waals surface area (Å²) in [6, 6.07) is 7.31. The van der Waals surface area contributed by atoms with Crippen molar-refractivity contribution in [3.05, 3.63) is 36.0 Å². The highest BCUT2D eigenvalue weighted by atomic mass is 32.2. The van der Waals surface area contributed by atoms with Crippen LogP contribution in [0.15, 0.2) is 35.4 Å². The van der Waals surface area contributed by atoms with E-state index in [-0.39, 0.29) is 10.7 Å². The smallest absolute Gasteiger partial charge is 0.269 e. The van der Waals surface area contributed by atoms with E-state index in [1.807, 2.05) is 19.1 Å². The molecule has 0 amide bonds. The summed E-state index contributed by atoms with van der Waals surface area (Å²) in [7, 11) is -3.70. The lowest BCUT2D eigenvalue weighted by Crippen LogP contribution is -2.31. The van der Waals surface area contributed by atoms with E-state index in [1.165, 1.54) is 10.5 Å². The Labute approximate surface area is 112 Å². The molecule has 19 heavy (non-hydrogen) atoms. The first-order valence-corrected chi connectivity index (χ1v) is 7.29. The van der Waals surface area contributed by atoms with Crippen molar-refractivity contribution < 1.29 is 8.42 Å². The Bertz CT molecular complexity index is 679. The van der Waals surface area contributed by atoms with Crippen LogP contribution in [0.1, 0.15) is 12.5 Å². The third-order valence-corrected chi connectivity index (χ3v) is 4.79. The number of hydrogen-bond acceptors (Lipinski definition) is 4. The van der Waals surface area contributed by atoms with Crippen molar-refractivity contribution in [1.82, 2.24) is 10.2 Å². The van der Waals surface area contributed by atoms with E-state index in [9.17, 15) is 8.42 Å². The molecule has 1 heterocycles. The number of aryl methyl sites for hydroxylation is 1. The number of H-pyrrole nitrogens is 1. The van der Waals surface area contributed by atoms with Gasteiger partial charge in [0.1, 0.15) is 10.7 Å². The second-order valence-corrected chi connectivity index (χ2v) is 5.93. The van der Waals surface area contributed by atoms with E-state index < -0.39 is 10.0 Å². The molecule has 0 aliphatic heterocycles. The molecule has 102 valence electrons. The van der Waals surface area contributed by atoms with Crippen molar-refractivity contribution in [2.45, 2.75) is 18.7 Å². The Balaban J connectivity index is 2.55. The van der Waals surface area contributed by atoms with Gasteiger partial charge in [-0.1, -0.05) is 18.2 Å². The summed E-state index contributed by atoms with van der Waals surface area (Å²) >= 11 is 0. The van der Waals surface area contributed by atoms with Gasteiger partial charge in [0.05, 0.1) is 11.9 Å². The lowest BCUT2D eigenvalue weighted by molar-refractivity contribution is 0.592. The predicted molar refractivity (Wildman–Crippen MR) is 74.4 cm³/mol. The Morgan fingerprint density at radius 3 is 2.58 bits per heavy atom. The molecule has 3 N–H and O–H groups in total. The fourth-order valence-electron chi connectivity index (χ4n) is 1.92. The first-order valence-electron chi connectivity index (χ1n) is 5.85. The quantitative estimate of drug-likeness (QED) is 0.888. The zero-order chi connectivity index (χ0) is 14.0. The van der Waals surface area contributed by atoms with E-state index in [4.69, 9.17) is 5.73 Å². The van der Waals surface area contributed by atoms with E-state index in [0.29, 0.717) is 12.2 Å². The third-order valence-electron chi connectivity index (χ3n) is 2.87. The molecular formula is C12H16N4O2S. The third kappa shape index (κ3) is 2.28. The molecule has 0 fully saturated rings. The van der Waals surface area contributed by atoms with E-state index in [0.717, 1.165) is 5.56 Å². The lowest BCUT2D eigenvalue weighted by Gasteiger charge is -2.24. The number of nitrogens with one attached hydrogen (secondary N) is 1. The average Bonchev–Trinajstić information content (AvgIpc) is 2.79. The standard InChI is InChI=1S/C12H16N4O2S/c1-3-16(10-7-5-4-6-9(10)2)19(17,18)11-8-14-15-12(11)13/h4-8H,3H2,1-2H3,(H3,13,14,15). The van der Waals surface area contributed by atoms with Crippen LogP contribution >= 0.6 is 0 Å². The number of nitrogens with zero attached hydrogens (tertiary/aromatic N) is 2. The van der Waals surface area contributed by atoms with Gasteiger partial charge in [-0.15, -0.1) is 0 Å². The van der Waals surface area contributed by atoms with Gasteiger partial charge in [0, 0.05) is 6.54 Å². The summed E-state index contributed by atoms with van der Waals surface area (Å²) < 4.78 is 26.5. The number of sulfonamides is 1. The Kier molecular flexibility index (Phi) is 3.48. The van der Waals surface area contributed by atoms with Crippen molar-refractivity contribution in [3.8, 4) is 0 Å². The fraction of sp³-hybridized carbons (Fsp3) is 0.250. The second kappa shape index (κ2) is 4.93. The number of nitrogens with two attached hydrogens (primary N) is 1. The van der Waals surface area contributed by atoms with Gasteiger partial charge in [-0.2, -0.15) is 5.10 Å². The molecular weight excluding hydrogens is 264 g/mol. The van der Waals surface area contributed by atoms with E-state index in [1.54, 1.807) is 19.1 Å². The molecule has 0 aliphatic rings. The number of aromatic nitrogens is 2. The van der Waals surface area contributed by atoms with Crippen LogP contribution < -0.4 is 10.0 Å². The topological polar surface area (TPSA) is 92.1 Å². The summed E-state index contributed by atoms with van der Waals surface area (Å²) in [6.45, 7) is 3.96. The van der Waals surface area contributed by atoms with Crippen LogP contribution in [0.5, 0.6) is 0 Å². The number of aromatic amines is 1. The molecule has 0 spiro atoms. The Morgan fingerprint density at radius 2 is 2.05 bits per heavy atom. The maximum Gasteiger partial charge on any atom is 0.269 e. The summed E-state index contributed by atoms with van der Waals surface area (Å²) in [4.78, 5) is -0.00222. The van der Waals surface area contributed by atoms with Gasteiger partial charge in [0.2, 0.25) is 0 Å². The summed E-state index contributed by atoms with van der Waals surface area (Å²) in [5.74, 6) is 0.0482. The molecule has 0 unspecified atom stereocenters. The van der Waals surface area contributed by atoms with Gasteiger partial charge in [-0.25, -0.2) is 8.42 Å². The van der Waals surface area contributed by atoms with Gasteiger partial charge in [-0.05, 0) is 25.5 Å². The number of benzene rings is 1. The average molecular weight is 280 g/mol. The van der Waals surface area contributed by atoms with Crippen LogP contribution in [0, 0.1) is 6.92 Å².